The summed E-state index contributed by atoms with van der Waals surface area (Å²) in [4.78, 5) is 12.3. The van der Waals surface area contributed by atoms with Crippen LogP contribution in [-0.4, -0.2) is 28.4 Å². The summed E-state index contributed by atoms with van der Waals surface area (Å²) in [5.74, 6) is 2.01. The molecule has 0 aliphatic heterocycles. The number of carbonyl (C=O) groups excluding carboxylic acids is 1. The summed E-state index contributed by atoms with van der Waals surface area (Å²) in [7, 11) is 0. The highest BCUT2D eigenvalue weighted by Crippen LogP contribution is 2.64. The molecule has 2 saturated carbocycles. The minimum absolute atomic E-state index is 0.00401. The zero-order chi connectivity index (χ0) is 13.4. The van der Waals surface area contributed by atoms with Crippen LogP contribution < -0.4 is 9.86 Å². The Kier molecular flexibility index (Phi) is 4.33. The third-order valence-corrected chi connectivity index (χ3v) is 6.72. The van der Waals surface area contributed by atoms with Gasteiger partial charge in [0.15, 0.2) is 0 Å². The molecule has 104 valence electrons. The molecule has 0 aromatic carbocycles. The number of Topliss-reactive ketones (excluding diaryl/α,β-unsaturated/α-hetero) is 1. The van der Waals surface area contributed by atoms with Gasteiger partial charge in [-0.15, -0.1) is 4.72 Å². The number of rotatable bonds is 6. The Labute approximate surface area is 116 Å². The second-order valence-electron chi connectivity index (χ2n) is 5.92. The van der Waals surface area contributed by atoms with Gasteiger partial charge in [0.25, 0.3) is 0 Å². The second kappa shape index (κ2) is 5.32. The summed E-state index contributed by atoms with van der Waals surface area (Å²) in [6, 6.07) is 0. The number of nitrogens with two attached hydrogens (primary N) is 1. The standard InChI is InChI=1S/C12H22N2O2S2/c1-11(2)9-3-4-12(11,10(15)7-9)8-18(16)14-5-6-17-13/h9,14H,3-8,13H2,1-2H3. The van der Waals surface area contributed by atoms with Gasteiger partial charge in [0.05, 0.1) is 12.0 Å². The lowest BCUT2D eigenvalue weighted by atomic mass is 9.70. The Balaban J connectivity index is 2.00. The van der Waals surface area contributed by atoms with E-state index in [9.17, 15) is 9.35 Å². The molecule has 0 saturated heterocycles. The fourth-order valence-corrected chi connectivity index (χ4v) is 5.50. The van der Waals surface area contributed by atoms with Crippen LogP contribution in [0.5, 0.6) is 0 Å². The maximum atomic E-state index is 12.3. The molecule has 3 N–H and O–H groups in total. The van der Waals surface area contributed by atoms with Crippen LogP contribution in [0.4, 0.5) is 0 Å². The fourth-order valence-electron chi connectivity index (χ4n) is 3.60. The van der Waals surface area contributed by atoms with Gasteiger partial charge in [-0.3, -0.25) is 9.93 Å². The van der Waals surface area contributed by atoms with Gasteiger partial charge in [-0.05, 0) is 24.2 Å². The molecule has 0 spiro atoms. The lowest BCUT2D eigenvalue weighted by molar-refractivity contribution is -0.128. The van der Waals surface area contributed by atoms with Crippen molar-refractivity contribution < 1.29 is 9.35 Å². The van der Waals surface area contributed by atoms with E-state index in [4.69, 9.17) is 5.14 Å². The molecule has 0 aromatic rings. The molecule has 2 aliphatic rings. The van der Waals surface area contributed by atoms with Crippen molar-refractivity contribution in [1.29, 1.82) is 0 Å². The molecular formula is C12H22N2O2S2. The van der Waals surface area contributed by atoms with Crippen molar-refractivity contribution in [3.8, 4) is 0 Å². The third kappa shape index (κ3) is 2.22. The summed E-state index contributed by atoms with van der Waals surface area (Å²) in [5, 5.41) is 5.33. The van der Waals surface area contributed by atoms with Crippen molar-refractivity contribution in [3.05, 3.63) is 0 Å². The van der Waals surface area contributed by atoms with Crippen LogP contribution in [-0.2, 0) is 16.2 Å². The molecule has 18 heavy (non-hydrogen) atoms. The van der Waals surface area contributed by atoms with Crippen LogP contribution in [0.1, 0.15) is 33.1 Å². The molecule has 0 radical (unpaired) electrons. The lowest BCUT2D eigenvalue weighted by Gasteiger charge is -2.35. The van der Waals surface area contributed by atoms with E-state index >= 15 is 0 Å². The van der Waals surface area contributed by atoms with E-state index in [1.54, 1.807) is 0 Å². The quantitative estimate of drug-likeness (QED) is 0.437. The van der Waals surface area contributed by atoms with E-state index in [0.717, 1.165) is 18.6 Å². The smallest absolute Gasteiger partial charge is 0.144 e. The highest BCUT2D eigenvalue weighted by atomic mass is 32.2. The van der Waals surface area contributed by atoms with Gasteiger partial charge in [-0.1, -0.05) is 25.8 Å². The maximum absolute atomic E-state index is 12.3. The lowest BCUT2D eigenvalue weighted by Crippen LogP contribution is -2.45. The van der Waals surface area contributed by atoms with Crippen LogP contribution in [0, 0.1) is 16.7 Å². The van der Waals surface area contributed by atoms with E-state index in [1.807, 2.05) is 0 Å². The zero-order valence-electron chi connectivity index (χ0n) is 11.0. The zero-order valence-corrected chi connectivity index (χ0v) is 12.7. The topological polar surface area (TPSA) is 78.2 Å². The van der Waals surface area contributed by atoms with Crippen LogP contribution in [0.15, 0.2) is 0 Å². The first-order chi connectivity index (χ1) is 8.44. The summed E-state index contributed by atoms with van der Waals surface area (Å²) < 4.78 is 15.1. The Bertz CT molecular complexity index is 338. The molecule has 3 atom stereocenters. The van der Waals surface area contributed by atoms with E-state index in [-0.39, 0.29) is 10.8 Å². The molecule has 3 unspecified atom stereocenters. The van der Waals surface area contributed by atoms with E-state index in [0.29, 0.717) is 30.4 Å². The monoisotopic (exact) mass is 290 g/mol. The summed E-state index contributed by atoms with van der Waals surface area (Å²) in [6.45, 7) is 4.97. The molecule has 2 fully saturated rings. The number of ketones is 1. The molecular weight excluding hydrogens is 268 g/mol. The Morgan fingerprint density at radius 3 is 2.83 bits per heavy atom. The van der Waals surface area contributed by atoms with Gasteiger partial charge in [-0.2, -0.15) is 0 Å². The normalized spacial score (nSPS) is 35.1. The summed E-state index contributed by atoms with van der Waals surface area (Å²) >= 11 is 0.105. The fraction of sp³-hybridized carbons (Fsp3) is 0.917. The average Bonchev–Trinajstić information content (AvgIpc) is 2.63. The largest absolute Gasteiger partial charge is 0.598 e. The number of nitrogens with one attached hydrogen (secondary N) is 1. The molecule has 2 bridgehead atoms. The SMILES string of the molecule is CC1(C)C2CCC1(C[S+]([O-])NCCSN)C(=O)C2. The Morgan fingerprint density at radius 1 is 1.61 bits per heavy atom. The minimum Gasteiger partial charge on any atom is -0.598 e. The first kappa shape index (κ1) is 14.7. The van der Waals surface area contributed by atoms with E-state index < -0.39 is 11.4 Å². The molecule has 6 heteroatoms. The first-order valence-electron chi connectivity index (χ1n) is 6.41. The summed E-state index contributed by atoms with van der Waals surface area (Å²) in [6.07, 6.45) is 2.69. The number of hydrogen-bond acceptors (Lipinski definition) is 5. The predicted molar refractivity (Wildman–Crippen MR) is 76.2 cm³/mol. The first-order valence-corrected chi connectivity index (χ1v) is 8.78. The number of fused-ring (bicyclic) bond motifs is 2. The second-order valence-corrected chi connectivity index (χ2v) is 7.93. The molecule has 4 nitrogen and oxygen atoms in total. The van der Waals surface area contributed by atoms with Crippen LogP contribution in [0.2, 0.25) is 0 Å². The van der Waals surface area contributed by atoms with Crippen molar-refractivity contribution in [3.63, 3.8) is 0 Å². The molecule has 0 aromatic heterocycles. The van der Waals surface area contributed by atoms with Gasteiger partial charge in [-0.25, -0.2) is 0 Å². The minimum atomic E-state index is -1.13. The molecule has 2 aliphatic carbocycles. The van der Waals surface area contributed by atoms with Crippen LogP contribution in [0.25, 0.3) is 0 Å². The van der Waals surface area contributed by atoms with Gasteiger partial charge < -0.3 is 4.55 Å². The Morgan fingerprint density at radius 2 is 2.33 bits per heavy atom. The van der Waals surface area contributed by atoms with Crippen LogP contribution in [0.3, 0.4) is 0 Å². The predicted octanol–water partition coefficient (Wildman–Crippen LogP) is 1.24. The Hall–Kier alpha value is 0.250. The third-order valence-electron chi connectivity index (χ3n) is 5.00. The van der Waals surface area contributed by atoms with Crippen molar-refractivity contribution in [2.45, 2.75) is 33.1 Å². The van der Waals surface area contributed by atoms with Gasteiger partial charge in [0, 0.05) is 23.5 Å². The van der Waals surface area contributed by atoms with Crippen molar-refractivity contribution in [1.82, 2.24) is 4.72 Å². The summed E-state index contributed by atoms with van der Waals surface area (Å²) in [5.41, 5.74) is -0.352. The highest BCUT2D eigenvalue weighted by Gasteiger charge is 2.66. The van der Waals surface area contributed by atoms with Gasteiger partial charge >= 0.3 is 0 Å². The average molecular weight is 290 g/mol. The highest BCUT2D eigenvalue weighted by molar-refractivity contribution is 7.97. The van der Waals surface area contributed by atoms with Gasteiger partial charge in [0.2, 0.25) is 0 Å². The van der Waals surface area contributed by atoms with Crippen molar-refractivity contribution in [2.75, 3.05) is 18.1 Å². The van der Waals surface area contributed by atoms with Crippen molar-refractivity contribution in [2.24, 2.45) is 21.9 Å². The van der Waals surface area contributed by atoms with Gasteiger partial charge in [0.1, 0.15) is 11.5 Å². The number of carbonyl (C=O) groups is 1. The molecule has 0 amide bonds. The van der Waals surface area contributed by atoms with Crippen molar-refractivity contribution >= 4 is 29.1 Å². The maximum Gasteiger partial charge on any atom is 0.144 e. The number of hydrogen-bond donors (Lipinski definition) is 2. The van der Waals surface area contributed by atoms with E-state index in [2.05, 4.69) is 18.6 Å². The molecule has 2 rings (SSSR count). The van der Waals surface area contributed by atoms with E-state index in [1.165, 1.54) is 11.9 Å². The molecule has 0 heterocycles. The van der Waals surface area contributed by atoms with Crippen LogP contribution >= 0.6 is 11.9 Å².